The van der Waals surface area contributed by atoms with E-state index in [0.717, 1.165) is 30.9 Å². The van der Waals surface area contributed by atoms with E-state index in [1.807, 2.05) is 5.51 Å². The zero-order valence-electron chi connectivity index (χ0n) is 10.8. The maximum atomic E-state index is 13.1. The highest BCUT2D eigenvalue weighted by Crippen LogP contribution is 2.29. The van der Waals surface area contributed by atoms with E-state index in [0.29, 0.717) is 11.6 Å². The van der Waals surface area contributed by atoms with E-state index in [9.17, 15) is 4.39 Å². The number of hydrogen-bond donors (Lipinski definition) is 0. The van der Waals surface area contributed by atoms with E-state index in [1.165, 1.54) is 12.1 Å². The van der Waals surface area contributed by atoms with Crippen molar-refractivity contribution >= 4 is 22.9 Å². The maximum Gasteiger partial charge on any atom is 0.124 e. The van der Waals surface area contributed by atoms with Gasteiger partial charge < -0.3 is 4.74 Å². The first-order chi connectivity index (χ1) is 9.72. The predicted octanol–water partition coefficient (Wildman–Crippen LogP) is 3.51. The Morgan fingerprint density at radius 2 is 2.40 bits per heavy atom. The minimum atomic E-state index is -0.325. The molecule has 0 spiro atoms. The van der Waals surface area contributed by atoms with E-state index in [1.54, 1.807) is 17.4 Å². The summed E-state index contributed by atoms with van der Waals surface area (Å²) in [5.41, 5.74) is 3.75. The van der Waals surface area contributed by atoms with Crippen LogP contribution >= 0.6 is 22.9 Å². The quantitative estimate of drug-likeness (QED) is 0.867. The van der Waals surface area contributed by atoms with Crippen LogP contribution in [0.15, 0.2) is 29.1 Å². The summed E-state index contributed by atoms with van der Waals surface area (Å²) in [6.07, 6.45) is -0.115. The van der Waals surface area contributed by atoms with Gasteiger partial charge in [0, 0.05) is 35.6 Å². The molecule has 2 aromatic rings. The van der Waals surface area contributed by atoms with Gasteiger partial charge in [-0.1, -0.05) is 17.7 Å². The zero-order chi connectivity index (χ0) is 13.9. The van der Waals surface area contributed by atoms with Crippen LogP contribution in [0.4, 0.5) is 4.39 Å². The molecule has 0 N–H and O–H groups in total. The van der Waals surface area contributed by atoms with Gasteiger partial charge in [-0.05, 0) is 12.1 Å². The predicted molar refractivity (Wildman–Crippen MR) is 77.5 cm³/mol. The van der Waals surface area contributed by atoms with Crippen LogP contribution in [0.25, 0.3) is 0 Å². The van der Waals surface area contributed by atoms with Gasteiger partial charge in [-0.3, -0.25) is 4.90 Å². The standard InChI is InChI=1S/C14H14ClFN2OS/c15-13-5-10(16)1-2-12(13)14-7-18(3-4-19-14)6-11-8-20-9-17-11/h1-2,5,8-9,14H,3-4,6-7H2. The van der Waals surface area contributed by atoms with E-state index in [4.69, 9.17) is 16.3 Å². The molecule has 106 valence electrons. The van der Waals surface area contributed by atoms with Gasteiger partial charge in [0.15, 0.2) is 0 Å². The smallest absolute Gasteiger partial charge is 0.124 e. The van der Waals surface area contributed by atoms with Crippen molar-refractivity contribution in [2.45, 2.75) is 12.6 Å². The fourth-order valence-corrected chi connectivity index (χ4v) is 3.18. The minimum Gasteiger partial charge on any atom is -0.371 e. The normalized spacial score (nSPS) is 20.2. The molecule has 1 aromatic carbocycles. The van der Waals surface area contributed by atoms with Crippen molar-refractivity contribution in [1.82, 2.24) is 9.88 Å². The Labute approximate surface area is 126 Å². The van der Waals surface area contributed by atoms with Gasteiger partial charge in [0.1, 0.15) is 5.82 Å². The molecule has 1 aliphatic heterocycles. The van der Waals surface area contributed by atoms with Gasteiger partial charge in [0.25, 0.3) is 0 Å². The van der Waals surface area contributed by atoms with Crippen molar-refractivity contribution < 1.29 is 9.13 Å². The van der Waals surface area contributed by atoms with Gasteiger partial charge in [-0.2, -0.15) is 0 Å². The lowest BCUT2D eigenvalue weighted by Crippen LogP contribution is -2.38. The number of ether oxygens (including phenoxy) is 1. The molecule has 1 aliphatic rings. The molecule has 3 nitrogen and oxygen atoms in total. The van der Waals surface area contributed by atoms with Crippen LogP contribution in [0, 0.1) is 5.82 Å². The average Bonchev–Trinajstić information content (AvgIpc) is 2.92. The summed E-state index contributed by atoms with van der Waals surface area (Å²) in [5, 5.41) is 2.47. The molecule has 1 fully saturated rings. The molecule has 0 bridgehead atoms. The molecule has 0 aliphatic carbocycles. The molecule has 2 heterocycles. The lowest BCUT2D eigenvalue weighted by Gasteiger charge is -2.33. The number of aromatic nitrogens is 1. The highest BCUT2D eigenvalue weighted by molar-refractivity contribution is 7.07. The highest BCUT2D eigenvalue weighted by Gasteiger charge is 2.24. The van der Waals surface area contributed by atoms with Crippen LogP contribution in [-0.2, 0) is 11.3 Å². The second kappa shape index (κ2) is 6.18. The molecule has 20 heavy (non-hydrogen) atoms. The molecule has 3 rings (SSSR count). The maximum absolute atomic E-state index is 13.1. The van der Waals surface area contributed by atoms with Gasteiger partial charge in [0.2, 0.25) is 0 Å². The second-order valence-electron chi connectivity index (χ2n) is 4.74. The first-order valence-electron chi connectivity index (χ1n) is 6.38. The number of hydrogen-bond acceptors (Lipinski definition) is 4. The summed E-state index contributed by atoms with van der Waals surface area (Å²) in [6, 6.07) is 4.46. The number of nitrogens with zero attached hydrogens (tertiary/aromatic N) is 2. The average molecular weight is 313 g/mol. The number of benzene rings is 1. The SMILES string of the molecule is Fc1ccc(C2CN(Cc3cscn3)CCO2)c(Cl)c1. The van der Waals surface area contributed by atoms with Crippen molar-refractivity contribution in [3.63, 3.8) is 0 Å². The van der Waals surface area contributed by atoms with Gasteiger partial charge in [0.05, 0.1) is 23.9 Å². The van der Waals surface area contributed by atoms with Crippen LogP contribution in [0.5, 0.6) is 0 Å². The summed E-state index contributed by atoms with van der Waals surface area (Å²) >= 11 is 7.70. The molecule has 6 heteroatoms. The van der Waals surface area contributed by atoms with Crippen LogP contribution < -0.4 is 0 Å². The van der Waals surface area contributed by atoms with Crippen LogP contribution in [-0.4, -0.2) is 29.6 Å². The molecule has 1 aromatic heterocycles. The van der Waals surface area contributed by atoms with E-state index in [2.05, 4.69) is 15.3 Å². The van der Waals surface area contributed by atoms with Crippen LogP contribution in [0.2, 0.25) is 5.02 Å². The molecule has 0 saturated carbocycles. The first kappa shape index (κ1) is 13.9. The number of rotatable bonds is 3. The monoisotopic (exact) mass is 312 g/mol. The lowest BCUT2D eigenvalue weighted by molar-refractivity contribution is -0.0332. The summed E-state index contributed by atoms with van der Waals surface area (Å²) < 4.78 is 18.9. The fraction of sp³-hybridized carbons (Fsp3) is 0.357. The Balaban J connectivity index is 1.71. The number of thiazole rings is 1. The second-order valence-corrected chi connectivity index (χ2v) is 5.87. The Kier molecular flexibility index (Phi) is 4.31. The van der Waals surface area contributed by atoms with Crippen molar-refractivity contribution in [1.29, 1.82) is 0 Å². The highest BCUT2D eigenvalue weighted by atomic mass is 35.5. The summed E-state index contributed by atoms with van der Waals surface area (Å²) in [6.45, 7) is 3.06. The zero-order valence-corrected chi connectivity index (χ0v) is 12.3. The van der Waals surface area contributed by atoms with Gasteiger partial charge in [-0.25, -0.2) is 9.37 Å². The minimum absolute atomic E-state index is 0.115. The van der Waals surface area contributed by atoms with Gasteiger partial charge >= 0.3 is 0 Å². The Bertz CT molecular complexity index is 579. The van der Waals surface area contributed by atoms with Crippen molar-refractivity contribution in [2.75, 3.05) is 19.7 Å². The molecule has 1 saturated heterocycles. The Hall–Kier alpha value is -1.01. The molecular formula is C14H14ClFN2OS. The summed E-state index contributed by atoms with van der Waals surface area (Å²) in [4.78, 5) is 6.58. The molecule has 0 radical (unpaired) electrons. The number of halogens is 2. The summed E-state index contributed by atoms with van der Waals surface area (Å²) in [7, 11) is 0. The van der Waals surface area contributed by atoms with Crippen molar-refractivity contribution in [2.24, 2.45) is 0 Å². The van der Waals surface area contributed by atoms with Gasteiger partial charge in [-0.15, -0.1) is 11.3 Å². The first-order valence-corrected chi connectivity index (χ1v) is 7.70. The largest absolute Gasteiger partial charge is 0.371 e. The fourth-order valence-electron chi connectivity index (χ4n) is 2.34. The molecule has 1 unspecified atom stereocenters. The van der Waals surface area contributed by atoms with Crippen LogP contribution in [0.1, 0.15) is 17.4 Å². The third-order valence-electron chi connectivity index (χ3n) is 3.33. The van der Waals surface area contributed by atoms with E-state index in [-0.39, 0.29) is 11.9 Å². The van der Waals surface area contributed by atoms with Crippen LogP contribution in [0.3, 0.4) is 0 Å². The lowest BCUT2D eigenvalue weighted by atomic mass is 10.1. The van der Waals surface area contributed by atoms with Crippen molar-refractivity contribution in [3.05, 3.63) is 51.2 Å². The third kappa shape index (κ3) is 3.17. The van der Waals surface area contributed by atoms with Crippen molar-refractivity contribution in [3.8, 4) is 0 Å². The number of morpholine rings is 1. The topological polar surface area (TPSA) is 25.4 Å². The van der Waals surface area contributed by atoms with E-state index >= 15 is 0 Å². The third-order valence-corrected chi connectivity index (χ3v) is 4.29. The van der Waals surface area contributed by atoms with E-state index < -0.39 is 0 Å². The molecule has 1 atom stereocenters. The Morgan fingerprint density at radius 1 is 1.50 bits per heavy atom. The Morgan fingerprint density at radius 3 is 3.15 bits per heavy atom. The summed E-state index contributed by atoms with van der Waals surface area (Å²) in [5.74, 6) is -0.325. The molecular weight excluding hydrogens is 299 g/mol. The molecule has 0 amide bonds.